The molecule has 0 aliphatic rings. The Bertz CT molecular complexity index is 791. The van der Waals surface area contributed by atoms with Crippen LogP contribution in [0.15, 0.2) is 53.8 Å². The molecule has 0 unspecified atom stereocenters. The molecule has 1 amide bonds. The van der Waals surface area contributed by atoms with E-state index in [4.69, 9.17) is 0 Å². The van der Waals surface area contributed by atoms with E-state index in [0.717, 1.165) is 11.9 Å². The molecule has 0 saturated heterocycles. The summed E-state index contributed by atoms with van der Waals surface area (Å²) in [6.07, 6.45) is 1.11. The Labute approximate surface area is 135 Å². The summed E-state index contributed by atoms with van der Waals surface area (Å²) in [6.45, 7) is 0. The standard InChI is InChI=1S/C15H12FN5OS/c16-10-6-7-12(17-8-10)14-19-15(21-20-14)23-9-13(22)18-11-4-2-1-3-5-11/h1-8H,9H2,(H,18,22)(H,19,20,21). The number of nitrogens with one attached hydrogen (secondary N) is 2. The summed E-state index contributed by atoms with van der Waals surface area (Å²) in [4.78, 5) is 20.0. The Morgan fingerprint density at radius 3 is 2.78 bits per heavy atom. The van der Waals surface area contributed by atoms with Crippen molar-refractivity contribution >= 4 is 23.4 Å². The second-order valence-corrected chi connectivity index (χ2v) is 5.47. The molecular formula is C15H12FN5OS. The van der Waals surface area contributed by atoms with Crippen LogP contribution in [0.4, 0.5) is 10.1 Å². The van der Waals surface area contributed by atoms with Gasteiger partial charge in [0.15, 0.2) is 5.82 Å². The highest BCUT2D eigenvalue weighted by Crippen LogP contribution is 2.18. The van der Waals surface area contributed by atoms with Crippen LogP contribution < -0.4 is 5.32 Å². The van der Waals surface area contributed by atoms with Gasteiger partial charge in [-0.3, -0.25) is 9.89 Å². The van der Waals surface area contributed by atoms with Crippen molar-refractivity contribution in [3.8, 4) is 11.5 Å². The molecular weight excluding hydrogens is 317 g/mol. The van der Waals surface area contributed by atoms with E-state index < -0.39 is 5.82 Å². The first-order chi connectivity index (χ1) is 11.2. The highest BCUT2D eigenvalue weighted by atomic mass is 32.2. The molecule has 0 atom stereocenters. The molecule has 3 aromatic rings. The third-order valence-electron chi connectivity index (χ3n) is 2.82. The fourth-order valence-corrected chi connectivity index (χ4v) is 2.39. The number of nitrogens with zero attached hydrogens (tertiary/aromatic N) is 3. The lowest BCUT2D eigenvalue weighted by molar-refractivity contribution is -0.113. The van der Waals surface area contributed by atoms with Gasteiger partial charge in [0, 0.05) is 5.69 Å². The molecule has 6 nitrogen and oxygen atoms in total. The molecule has 23 heavy (non-hydrogen) atoms. The topological polar surface area (TPSA) is 83.6 Å². The van der Waals surface area contributed by atoms with Gasteiger partial charge >= 0.3 is 0 Å². The maximum atomic E-state index is 12.8. The predicted octanol–water partition coefficient (Wildman–Crippen LogP) is 2.74. The van der Waals surface area contributed by atoms with Gasteiger partial charge in [0.05, 0.1) is 11.9 Å². The molecule has 8 heteroatoms. The Balaban J connectivity index is 1.57. The number of thioether (sulfide) groups is 1. The molecule has 2 N–H and O–H groups in total. The third-order valence-corrected chi connectivity index (χ3v) is 3.67. The number of carbonyl (C=O) groups excluding carboxylic acids is 1. The van der Waals surface area contributed by atoms with Gasteiger partial charge in [-0.1, -0.05) is 30.0 Å². The molecule has 116 valence electrons. The molecule has 2 aromatic heterocycles. The number of carbonyl (C=O) groups is 1. The van der Waals surface area contributed by atoms with Crippen molar-refractivity contribution in [3.05, 3.63) is 54.5 Å². The smallest absolute Gasteiger partial charge is 0.234 e. The number of para-hydroxylation sites is 1. The number of halogens is 1. The van der Waals surface area contributed by atoms with Crippen molar-refractivity contribution in [2.45, 2.75) is 5.16 Å². The lowest BCUT2D eigenvalue weighted by atomic mass is 10.3. The number of H-pyrrole nitrogens is 1. The van der Waals surface area contributed by atoms with Crippen LogP contribution in [0.2, 0.25) is 0 Å². The first-order valence-electron chi connectivity index (χ1n) is 6.73. The second-order valence-electron chi connectivity index (χ2n) is 4.53. The van der Waals surface area contributed by atoms with E-state index in [1.165, 1.54) is 23.9 Å². The summed E-state index contributed by atoms with van der Waals surface area (Å²) in [6, 6.07) is 12.0. The van der Waals surface area contributed by atoms with E-state index in [2.05, 4.69) is 25.5 Å². The van der Waals surface area contributed by atoms with Gasteiger partial charge in [-0.15, -0.1) is 5.10 Å². The van der Waals surface area contributed by atoms with Gasteiger partial charge in [0.1, 0.15) is 11.5 Å². The minimum atomic E-state index is -0.416. The minimum Gasteiger partial charge on any atom is -0.325 e. The molecule has 0 radical (unpaired) electrons. The number of hydrogen-bond donors (Lipinski definition) is 2. The fourth-order valence-electron chi connectivity index (χ4n) is 1.79. The molecule has 0 aliphatic carbocycles. The van der Waals surface area contributed by atoms with E-state index in [1.54, 1.807) is 0 Å². The summed E-state index contributed by atoms with van der Waals surface area (Å²) in [5, 5.41) is 9.93. The number of aromatic amines is 1. The Morgan fingerprint density at radius 1 is 1.22 bits per heavy atom. The van der Waals surface area contributed by atoms with E-state index in [1.807, 2.05) is 30.3 Å². The normalized spacial score (nSPS) is 10.5. The summed E-state index contributed by atoms with van der Waals surface area (Å²) in [5.74, 6) is 0.0483. The number of rotatable bonds is 5. The third kappa shape index (κ3) is 4.13. The van der Waals surface area contributed by atoms with Gasteiger partial charge in [0.25, 0.3) is 0 Å². The second kappa shape index (κ2) is 7.01. The Morgan fingerprint density at radius 2 is 2.04 bits per heavy atom. The average molecular weight is 329 g/mol. The van der Waals surface area contributed by atoms with Crippen molar-refractivity contribution in [2.24, 2.45) is 0 Å². The first kappa shape index (κ1) is 15.2. The van der Waals surface area contributed by atoms with Crippen LogP contribution in [0.1, 0.15) is 0 Å². The zero-order chi connectivity index (χ0) is 16.1. The van der Waals surface area contributed by atoms with Crippen LogP contribution in [-0.4, -0.2) is 31.8 Å². The van der Waals surface area contributed by atoms with Crippen molar-refractivity contribution in [3.63, 3.8) is 0 Å². The number of pyridine rings is 1. The molecule has 0 saturated carbocycles. The predicted molar refractivity (Wildman–Crippen MR) is 85.4 cm³/mol. The summed E-state index contributed by atoms with van der Waals surface area (Å²) in [5.41, 5.74) is 1.23. The van der Waals surface area contributed by atoms with Crippen molar-refractivity contribution in [1.29, 1.82) is 0 Å². The van der Waals surface area contributed by atoms with Crippen LogP contribution >= 0.6 is 11.8 Å². The summed E-state index contributed by atoms with van der Waals surface area (Å²) >= 11 is 1.20. The summed E-state index contributed by atoms with van der Waals surface area (Å²) < 4.78 is 12.8. The van der Waals surface area contributed by atoms with Gasteiger partial charge in [-0.25, -0.2) is 9.37 Å². The van der Waals surface area contributed by atoms with E-state index in [9.17, 15) is 9.18 Å². The monoisotopic (exact) mass is 329 g/mol. The molecule has 3 rings (SSSR count). The van der Waals surface area contributed by atoms with Gasteiger partial charge in [0.2, 0.25) is 11.1 Å². The zero-order valence-corrected chi connectivity index (χ0v) is 12.7. The van der Waals surface area contributed by atoms with Crippen LogP contribution in [0, 0.1) is 5.82 Å². The van der Waals surface area contributed by atoms with Crippen LogP contribution in [0.5, 0.6) is 0 Å². The number of aromatic nitrogens is 4. The largest absolute Gasteiger partial charge is 0.325 e. The molecule has 1 aromatic carbocycles. The number of benzene rings is 1. The van der Waals surface area contributed by atoms with Crippen molar-refractivity contribution in [1.82, 2.24) is 20.2 Å². The van der Waals surface area contributed by atoms with E-state index in [-0.39, 0.29) is 11.7 Å². The van der Waals surface area contributed by atoms with E-state index >= 15 is 0 Å². The molecule has 0 spiro atoms. The molecule has 0 aliphatic heterocycles. The highest BCUT2D eigenvalue weighted by Gasteiger charge is 2.10. The van der Waals surface area contributed by atoms with Crippen molar-refractivity contribution in [2.75, 3.05) is 11.1 Å². The average Bonchev–Trinajstić information content (AvgIpc) is 3.04. The maximum absolute atomic E-state index is 12.8. The quantitative estimate of drug-likeness (QED) is 0.703. The fraction of sp³-hybridized carbons (Fsp3) is 0.0667. The van der Waals surface area contributed by atoms with Crippen LogP contribution in [0.3, 0.4) is 0 Å². The highest BCUT2D eigenvalue weighted by molar-refractivity contribution is 7.99. The minimum absolute atomic E-state index is 0.146. The van der Waals surface area contributed by atoms with Gasteiger partial charge in [-0.2, -0.15) is 4.98 Å². The van der Waals surface area contributed by atoms with Crippen molar-refractivity contribution < 1.29 is 9.18 Å². The van der Waals surface area contributed by atoms with Crippen LogP contribution in [0.25, 0.3) is 11.5 Å². The lowest BCUT2D eigenvalue weighted by Gasteiger charge is -2.02. The molecule has 0 bridgehead atoms. The Kier molecular flexibility index (Phi) is 4.62. The lowest BCUT2D eigenvalue weighted by Crippen LogP contribution is -2.13. The SMILES string of the molecule is O=C(CSc1n[nH]c(-c2ccc(F)cn2)n1)Nc1ccccc1. The van der Waals surface area contributed by atoms with E-state index in [0.29, 0.717) is 16.7 Å². The Hall–Kier alpha value is -2.74. The zero-order valence-electron chi connectivity index (χ0n) is 11.9. The number of amides is 1. The first-order valence-corrected chi connectivity index (χ1v) is 7.71. The van der Waals surface area contributed by atoms with Crippen LogP contribution in [-0.2, 0) is 4.79 Å². The number of anilines is 1. The molecule has 2 heterocycles. The maximum Gasteiger partial charge on any atom is 0.234 e. The number of hydrogen-bond acceptors (Lipinski definition) is 5. The summed E-state index contributed by atoms with van der Waals surface area (Å²) in [7, 11) is 0. The van der Waals surface area contributed by atoms with Gasteiger partial charge < -0.3 is 5.32 Å². The van der Waals surface area contributed by atoms with Gasteiger partial charge in [-0.05, 0) is 24.3 Å². The molecule has 0 fully saturated rings.